The van der Waals surface area contributed by atoms with Gasteiger partial charge in [0.25, 0.3) is 5.91 Å². The molecule has 2 aromatic rings. The maximum absolute atomic E-state index is 12.7. The van der Waals surface area contributed by atoms with Gasteiger partial charge in [-0.05, 0) is 19.1 Å². The summed E-state index contributed by atoms with van der Waals surface area (Å²) in [7, 11) is 0. The van der Waals surface area contributed by atoms with Gasteiger partial charge >= 0.3 is 5.97 Å². The summed E-state index contributed by atoms with van der Waals surface area (Å²) in [5, 5.41) is 8.30. The number of ether oxygens (including phenoxy) is 1. The molecule has 1 amide bonds. The molecule has 0 bridgehead atoms. The standard InChI is InChI=1S/C17H18ClN5O3S/c1-2-26-16(25)11-6-22(15(24)12-5-19-10-27-12)7-17(11)8-23(9-17)14-4-3-13(18)20-21-14/h3-5,10-11H,2,6-9H2,1H3. The fraction of sp³-hybridized carbons (Fsp3) is 0.471. The number of esters is 1. The summed E-state index contributed by atoms with van der Waals surface area (Å²) in [5.74, 6) is 0.0121. The van der Waals surface area contributed by atoms with Crippen LogP contribution in [0.4, 0.5) is 5.82 Å². The largest absolute Gasteiger partial charge is 0.466 e. The number of carbonyl (C=O) groups is 2. The van der Waals surface area contributed by atoms with Crippen LogP contribution in [-0.2, 0) is 9.53 Å². The Balaban J connectivity index is 1.53. The first-order valence-corrected chi connectivity index (χ1v) is 9.87. The first kappa shape index (κ1) is 18.1. The first-order chi connectivity index (χ1) is 13.0. The Morgan fingerprint density at radius 1 is 1.33 bits per heavy atom. The van der Waals surface area contributed by atoms with Gasteiger partial charge in [0.1, 0.15) is 4.88 Å². The van der Waals surface area contributed by atoms with Crippen molar-refractivity contribution in [3.05, 3.63) is 33.9 Å². The van der Waals surface area contributed by atoms with Gasteiger partial charge in [0, 0.05) is 31.6 Å². The lowest BCUT2D eigenvalue weighted by Crippen LogP contribution is -2.62. The Morgan fingerprint density at radius 3 is 2.78 bits per heavy atom. The van der Waals surface area contributed by atoms with Crippen molar-refractivity contribution in [3.63, 3.8) is 0 Å². The number of hydrogen-bond acceptors (Lipinski definition) is 8. The summed E-state index contributed by atoms with van der Waals surface area (Å²) in [6.07, 6.45) is 1.56. The van der Waals surface area contributed by atoms with Crippen LogP contribution in [0.1, 0.15) is 16.6 Å². The van der Waals surface area contributed by atoms with Gasteiger partial charge in [-0.2, -0.15) is 0 Å². The third-order valence-electron chi connectivity index (χ3n) is 5.10. The minimum atomic E-state index is -0.356. The molecule has 2 fully saturated rings. The van der Waals surface area contributed by atoms with E-state index in [1.165, 1.54) is 11.3 Å². The molecule has 10 heteroatoms. The molecule has 27 heavy (non-hydrogen) atoms. The zero-order valence-electron chi connectivity index (χ0n) is 14.7. The van der Waals surface area contributed by atoms with E-state index in [0.29, 0.717) is 48.6 Å². The predicted molar refractivity (Wildman–Crippen MR) is 99.8 cm³/mol. The van der Waals surface area contributed by atoms with Gasteiger partial charge in [0.2, 0.25) is 0 Å². The molecule has 0 radical (unpaired) electrons. The Bertz CT molecular complexity index is 839. The zero-order chi connectivity index (χ0) is 19.0. The highest BCUT2D eigenvalue weighted by Gasteiger charge is 2.58. The van der Waals surface area contributed by atoms with E-state index < -0.39 is 0 Å². The molecule has 1 unspecified atom stereocenters. The molecular formula is C17H18ClN5O3S. The van der Waals surface area contributed by atoms with Crippen molar-refractivity contribution in [2.45, 2.75) is 6.92 Å². The van der Waals surface area contributed by atoms with Crippen LogP contribution in [0, 0.1) is 11.3 Å². The fourth-order valence-electron chi connectivity index (χ4n) is 3.84. The SMILES string of the molecule is CCOC(=O)C1CN(C(=O)c2cncs2)CC12CN(c1ccc(Cl)nn1)C2. The molecule has 0 saturated carbocycles. The average Bonchev–Trinajstić information content (AvgIpc) is 3.29. The van der Waals surface area contributed by atoms with Gasteiger partial charge in [0.15, 0.2) is 11.0 Å². The second kappa shape index (κ2) is 7.05. The Labute approximate surface area is 165 Å². The number of rotatable bonds is 4. The monoisotopic (exact) mass is 407 g/mol. The number of likely N-dealkylation sites (tertiary alicyclic amines) is 1. The summed E-state index contributed by atoms with van der Waals surface area (Å²) in [5.41, 5.74) is 1.29. The summed E-state index contributed by atoms with van der Waals surface area (Å²) >= 11 is 7.10. The number of aromatic nitrogens is 3. The molecule has 0 aromatic carbocycles. The molecule has 4 heterocycles. The fourth-order valence-corrected chi connectivity index (χ4v) is 4.53. The van der Waals surface area contributed by atoms with Crippen LogP contribution in [0.5, 0.6) is 0 Å². The molecule has 142 valence electrons. The Morgan fingerprint density at radius 2 is 2.15 bits per heavy atom. The van der Waals surface area contributed by atoms with Crippen molar-refractivity contribution in [2.75, 3.05) is 37.7 Å². The highest BCUT2D eigenvalue weighted by molar-refractivity contribution is 7.11. The minimum Gasteiger partial charge on any atom is -0.466 e. The van der Waals surface area contributed by atoms with Crippen molar-refractivity contribution in [1.29, 1.82) is 0 Å². The van der Waals surface area contributed by atoms with Gasteiger partial charge < -0.3 is 14.5 Å². The van der Waals surface area contributed by atoms with Gasteiger partial charge in [-0.3, -0.25) is 14.6 Å². The number of halogens is 1. The lowest BCUT2D eigenvalue weighted by atomic mass is 9.71. The molecule has 8 nitrogen and oxygen atoms in total. The third-order valence-corrected chi connectivity index (χ3v) is 6.07. The van der Waals surface area contributed by atoms with Gasteiger partial charge in [-0.1, -0.05) is 11.6 Å². The second-order valence-corrected chi connectivity index (χ2v) is 8.06. The quantitative estimate of drug-likeness (QED) is 0.713. The molecule has 4 rings (SSSR count). The Kier molecular flexibility index (Phi) is 4.73. The summed E-state index contributed by atoms with van der Waals surface area (Å²) in [4.78, 5) is 33.6. The van der Waals surface area contributed by atoms with Crippen LogP contribution in [0.15, 0.2) is 23.8 Å². The molecule has 0 aliphatic carbocycles. The molecule has 0 N–H and O–H groups in total. The van der Waals surface area contributed by atoms with Crippen molar-refractivity contribution >= 4 is 40.6 Å². The summed E-state index contributed by atoms with van der Waals surface area (Å²) in [6, 6.07) is 3.49. The number of hydrogen-bond donors (Lipinski definition) is 0. The molecule has 2 aromatic heterocycles. The molecule has 2 aliphatic rings. The van der Waals surface area contributed by atoms with Crippen molar-refractivity contribution in [3.8, 4) is 0 Å². The van der Waals surface area contributed by atoms with Crippen molar-refractivity contribution in [1.82, 2.24) is 20.1 Å². The van der Waals surface area contributed by atoms with Crippen LogP contribution >= 0.6 is 22.9 Å². The van der Waals surface area contributed by atoms with Crippen molar-refractivity contribution < 1.29 is 14.3 Å². The number of amides is 1. The van der Waals surface area contributed by atoms with Crippen LogP contribution in [-0.4, -0.2) is 64.7 Å². The third kappa shape index (κ3) is 3.25. The number of nitrogens with zero attached hydrogens (tertiary/aromatic N) is 5. The van der Waals surface area contributed by atoms with E-state index >= 15 is 0 Å². The van der Waals surface area contributed by atoms with E-state index in [4.69, 9.17) is 16.3 Å². The van der Waals surface area contributed by atoms with E-state index in [2.05, 4.69) is 15.2 Å². The summed E-state index contributed by atoms with van der Waals surface area (Å²) in [6.45, 7) is 4.19. The number of carbonyl (C=O) groups excluding carboxylic acids is 2. The molecule has 2 saturated heterocycles. The van der Waals surface area contributed by atoms with Crippen LogP contribution in [0.3, 0.4) is 0 Å². The van der Waals surface area contributed by atoms with E-state index in [1.807, 2.05) is 4.90 Å². The highest BCUT2D eigenvalue weighted by atomic mass is 35.5. The van der Waals surface area contributed by atoms with E-state index in [0.717, 1.165) is 0 Å². The molecule has 1 spiro atoms. The lowest BCUT2D eigenvalue weighted by Gasteiger charge is -2.50. The molecule has 2 aliphatic heterocycles. The molecule has 1 atom stereocenters. The van der Waals surface area contributed by atoms with E-state index in [-0.39, 0.29) is 23.2 Å². The van der Waals surface area contributed by atoms with E-state index in [9.17, 15) is 9.59 Å². The maximum atomic E-state index is 12.7. The first-order valence-electron chi connectivity index (χ1n) is 8.61. The minimum absolute atomic E-state index is 0.0894. The normalized spacial score (nSPS) is 20.6. The van der Waals surface area contributed by atoms with Crippen LogP contribution < -0.4 is 4.90 Å². The van der Waals surface area contributed by atoms with Crippen LogP contribution in [0.25, 0.3) is 0 Å². The van der Waals surface area contributed by atoms with E-state index in [1.54, 1.807) is 35.7 Å². The second-order valence-electron chi connectivity index (χ2n) is 6.79. The lowest BCUT2D eigenvalue weighted by molar-refractivity contribution is -0.151. The average molecular weight is 408 g/mol. The van der Waals surface area contributed by atoms with Gasteiger partial charge in [-0.25, -0.2) is 0 Å². The van der Waals surface area contributed by atoms with Crippen molar-refractivity contribution in [2.24, 2.45) is 11.3 Å². The maximum Gasteiger partial charge on any atom is 0.311 e. The number of anilines is 1. The number of thiazole rings is 1. The predicted octanol–water partition coefficient (Wildman–Crippen LogP) is 1.73. The van der Waals surface area contributed by atoms with Crippen LogP contribution in [0.2, 0.25) is 5.15 Å². The Hall–Kier alpha value is -2.26. The van der Waals surface area contributed by atoms with Gasteiger partial charge in [0.05, 0.1) is 24.2 Å². The smallest absolute Gasteiger partial charge is 0.311 e. The highest BCUT2D eigenvalue weighted by Crippen LogP contribution is 2.46. The molecular weight excluding hydrogens is 390 g/mol. The zero-order valence-corrected chi connectivity index (χ0v) is 16.2. The summed E-state index contributed by atoms with van der Waals surface area (Å²) < 4.78 is 5.28. The van der Waals surface area contributed by atoms with Gasteiger partial charge in [-0.15, -0.1) is 21.5 Å². The topological polar surface area (TPSA) is 88.5 Å².